The topological polar surface area (TPSA) is 66.8 Å². The predicted molar refractivity (Wildman–Crippen MR) is 73.9 cm³/mol. The van der Waals surface area contributed by atoms with Crippen molar-refractivity contribution in [3.05, 3.63) is 23.8 Å². The largest absolute Gasteiger partial charge is 0.507 e. The highest BCUT2D eigenvalue weighted by atomic mass is 16.5. The van der Waals surface area contributed by atoms with Gasteiger partial charge >= 0.3 is 5.97 Å². The molecule has 4 heteroatoms. The molecule has 0 aliphatic rings. The van der Waals surface area contributed by atoms with E-state index in [4.69, 9.17) is 9.84 Å². The fourth-order valence-corrected chi connectivity index (χ4v) is 1.89. The van der Waals surface area contributed by atoms with Gasteiger partial charge in [-0.2, -0.15) is 0 Å². The molecule has 0 aliphatic carbocycles. The zero-order chi connectivity index (χ0) is 14.3. The van der Waals surface area contributed by atoms with Gasteiger partial charge in [-0.1, -0.05) is 33.1 Å². The van der Waals surface area contributed by atoms with Crippen molar-refractivity contribution >= 4 is 5.97 Å². The van der Waals surface area contributed by atoms with Gasteiger partial charge in [0.1, 0.15) is 17.1 Å². The highest BCUT2D eigenvalue weighted by Crippen LogP contribution is 2.24. The summed E-state index contributed by atoms with van der Waals surface area (Å²) in [6.07, 6.45) is 4.54. The van der Waals surface area contributed by atoms with E-state index in [2.05, 4.69) is 13.8 Å². The highest BCUT2D eigenvalue weighted by molar-refractivity contribution is 5.90. The summed E-state index contributed by atoms with van der Waals surface area (Å²) in [6, 6.07) is 4.30. The Labute approximate surface area is 114 Å². The average Bonchev–Trinajstić information content (AvgIpc) is 2.38. The van der Waals surface area contributed by atoms with Crippen molar-refractivity contribution in [3.63, 3.8) is 0 Å². The summed E-state index contributed by atoms with van der Waals surface area (Å²) in [7, 11) is 0. The molecular formula is C15H22O4. The second kappa shape index (κ2) is 7.67. The van der Waals surface area contributed by atoms with Crippen molar-refractivity contribution in [2.45, 2.75) is 39.5 Å². The fraction of sp³-hybridized carbons (Fsp3) is 0.533. The van der Waals surface area contributed by atoms with Crippen LogP contribution in [-0.4, -0.2) is 22.8 Å². The Morgan fingerprint density at radius 3 is 2.63 bits per heavy atom. The van der Waals surface area contributed by atoms with Gasteiger partial charge < -0.3 is 14.9 Å². The van der Waals surface area contributed by atoms with Crippen LogP contribution in [0.1, 0.15) is 49.9 Å². The maximum absolute atomic E-state index is 10.8. The van der Waals surface area contributed by atoms with Gasteiger partial charge in [-0.25, -0.2) is 4.79 Å². The molecule has 1 aromatic carbocycles. The summed E-state index contributed by atoms with van der Waals surface area (Å²) in [5.41, 5.74) is -0.106. The van der Waals surface area contributed by atoms with Gasteiger partial charge in [-0.05, 0) is 24.5 Å². The van der Waals surface area contributed by atoms with E-state index in [9.17, 15) is 9.90 Å². The first-order chi connectivity index (χ1) is 9.08. The molecule has 2 N–H and O–H groups in total. The number of phenols is 1. The van der Waals surface area contributed by atoms with E-state index < -0.39 is 5.97 Å². The Morgan fingerprint density at radius 1 is 1.37 bits per heavy atom. The summed E-state index contributed by atoms with van der Waals surface area (Å²) in [5.74, 6) is -0.385. The van der Waals surface area contributed by atoms with Crippen molar-refractivity contribution in [3.8, 4) is 11.5 Å². The molecule has 0 amide bonds. The van der Waals surface area contributed by atoms with E-state index in [0.29, 0.717) is 18.3 Å². The molecule has 0 spiro atoms. The third kappa shape index (κ3) is 4.81. The van der Waals surface area contributed by atoms with Crippen LogP contribution in [0.4, 0.5) is 0 Å². The maximum atomic E-state index is 10.8. The number of carboxylic acids is 1. The van der Waals surface area contributed by atoms with Crippen molar-refractivity contribution in [1.29, 1.82) is 0 Å². The van der Waals surface area contributed by atoms with Crippen LogP contribution in [0.3, 0.4) is 0 Å². The summed E-state index contributed by atoms with van der Waals surface area (Å²) < 4.78 is 5.62. The van der Waals surface area contributed by atoms with Crippen LogP contribution in [0.2, 0.25) is 0 Å². The van der Waals surface area contributed by atoms with Crippen LogP contribution >= 0.6 is 0 Å². The van der Waals surface area contributed by atoms with Gasteiger partial charge in [-0.3, -0.25) is 0 Å². The van der Waals surface area contributed by atoms with Gasteiger partial charge in [0.25, 0.3) is 0 Å². The van der Waals surface area contributed by atoms with Gasteiger partial charge in [0, 0.05) is 6.07 Å². The third-order valence-corrected chi connectivity index (χ3v) is 3.23. The van der Waals surface area contributed by atoms with Crippen molar-refractivity contribution < 1.29 is 19.7 Å². The molecule has 1 rings (SSSR count). The zero-order valence-corrected chi connectivity index (χ0v) is 11.6. The molecule has 4 nitrogen and oxygen atoms in total. The number of ether oxygens (including phenoxy) is 1. The van der Waals surface area contributed by atoms with Crippen LogP contribution in [0.5, 0.6) is 11.5 Å². The zero-order valence-electron chi connectivity index (χ0n) is 11.6. The van der Waals surface area contributed by atoms with E-state index in [1.165, 1.54) is 25.0 Å². The molecule has 106 valence electrons. The Hall–Kier alpha value is -1.71. The SMILES string of the molecule is CCCCC(CC)COc1ccc(C(=O)O)c(O)c1. The first kappa shape index (κ1) is 15.3. The lowest BCUT2D eigenvalue weighted by Gasteiger charge is -2.15. The number of carbonyl (C=O) groups is 1. The van der Waals surface area contributed by atoms with Crippen LogP contribution in [0.15, 0.2) is 18.2 Å². The number of carboxylic acid groups (broad SMARTS) is 1. The van der Waals surface area contributed by atoms with Crippen molar-refractivity contribution in [2.24, 2.45) is 5.92 Å². The van der Waals surface area contributed by atoms with Gasteiger partial charge in [0.2, 0.25) is 0 Å². The number of aromatic hydroxyl groups is 1. The van der Waals surface area contributed by atoms with Crippen LogP contribution in [0.25, 0.3) is 0 Å². The number of hydrogen-bond donors (Lipinski definition) is 2. The first-order valence-corrected chi connectivity index (χ1v) is 6.77. The van der Waals surface area contributed by atoms with E-state index in [-0.39, 0.29) is 11.3 Å². The minimum absolute atomic E-state index is 0.106. The van der Waals surface area contributed by atoms with Crippen LogP contribution in [0, 0.1) is 5.92 Å². The molecule has 0 saturated heterocycles. The number of unbranched alkanes of at least 4 members (excludes halogenated alkanes) is 1. The molecule has 0 saturated carbocycles. The molecular weight excluding hydrogens is 244 g/mol. The number of benzene rings is 1. The molecule has 0 aromatic heterocycles. The number of rotatable bonds is 8. The lowest BCUT2D eigenvalue weighted by molar-refractivity contribution is 0.0693. The quantitative estimate of drug-likeness (QED) is 0.753. The molecule has 1 atom stereocenters. The summed E-state index contributed by atoms with van der Waals surface area (Å²) >= 11 is 0. The standard InChI is InChI=1S/C15H22O4/c1-3-5-6-11(4-2)10-19-12-7-8-13(15(17)18)14(16)9-12/h7-9,11,16H,3-6,10H2,1-2H3,(H,17,18). The predicted octanol–water partition coefficient (Wildman–Crippen LogP) is 3.69. The van der Waals surface area contributed by atoms with Gasteiger partial charge in [0.05, 0.1) is 6.61 Å². The molecule has 0 radical (unpaired) electrons. The maximum Gasteiger partial charge on any atom is 0.339 e. The monoisotopic (exact) mass is 266 g/mol. The highest BCUT2D eigenvalue weighted by Gasteiger charge is 2.11. The fourth-order valence-electron chi connectivity index (χ4n) is 1.89. The van der Waals surface area contributed by atoms with E-state index in [1.54, 1.807) is 6.07 Å². The second-order valence-corrected chi connectivity index (χ2v) is 4.71. The summed E-state index contributed by atoms with van der Waals surface area (Å²) in [5, 5.41) is 18.4. The minimum atomic E-state index is -1.14. The van der Waals surface area contributed by atoms with Crippen LogP contribution in [-0.2, 0) is 0 Å². The first-order valence-electron chi connectivity index (χ1n) is 6.77. The summed E-state index contributed by atoms with van der Waals surface area (Å²) in [4.78, 5) is 10.8. The smallest absolute Gasteiger partial charge is 0.339 e. The van der Waals surface area contributed by atoms with Crippen LogP contribution < -0.4 is 4.74 Å². The van der Waals surface area contributed by atoms with E-state index in [0.717, 1.165) is 12.8 Å². The Balaban J connectivity index is 2.57. The summed E-state index contributed by atoms with van der Waals surface area (Å²) in [6.45, 7) is 4.90. The van der Waals surface area contributed by atoms with Gasteiger partial charge in [0.15, 0.2) is 0 Å². The molecule has 0 heterocycles. The Morgan fingerprint density at radius 2 is 2.11 bits per heavy atom. The molecule has 0 aliphatic heterocycles. The normalized spacial score (nSPS) is 12.1. The Bertz CT molecular complexity index is 415. The molecule has 0 fully saturated rings. The molecule has 19 heavy (non-hydrogen) atoms. The van der Waals surface area contributed by atoms with Crippen molar-refractivity contribution in [2.75, 3.05) is 6.61 Å². The second-order valence-electron chi connectivity index (χ2n) is 4.71. The third-order valence-electron chi connectivity index (χ3n) is 3.23. The molecule has 1 unspecified atom stereocenters. The minimum Gasteiger partial charge on any atom is -0.507 e. The van der Waals surface area contributed by atoms with Gasteiger partial charge in [-0.15, -0.1) is 0 Å². The number of aromatic carboxylic acids is 1. The molecule has 1 aromatic rings. The van der Waals surface area contributed by atoms with E-state index >= 15 is 0 Å². The lowest BCUT2D eigenvalue weighted by Crippen LogP contribution is -2.11. The lowest BCUT2D eigenvalue weighted by atomic mass is 10.0. The van der Waals surface area contributed by atoms with E-state index in [1.807, 2.05) is 0 Å². The van der Waals surface area contributed by atoms with Crippen molar-refractivity contribution in [1.82, 2.24) is 0 Å². The molecule has 0 bridgehead atoms. The average molecular weight is 266 g/mol. The number of hydrogen-bond acceptors (Lipinski definition) is 3. The Kier molecular flexibility index (Phi) is 6.19.